The molecule has 1 amide bonds. The van der Waals surface area contributed by atoms with E-state index in [1.54, 1.807) is 18.2 Å². The maximum atomic E-state index is 11.8. The van der Waals surface area contributed by atoms with E-state index < -0.39 is 11.7 Å². The molecule has 25 heavy (non-hydrogen) atoms. The number of rotatable bonds is 6. The molecule has 134 valence electrons. The van der Waals surface area contributed by atoms with Crippen LogP contribution in [0.2, 0.25) is 0 Å². The highest BCUT2D eigenvalue weighted by Gasteiger charge is 2.16. The maximum absolute atomic E-state index is 11.8. The molecule has 0 fully saturated rings. The number of amides is 1. The summed E-state index contributed by atoms with van der Waals surface area (Å²) in [5, 5.41) is 2.69. The Morgan fingerprint density at radius 1 is 1.12 bits per heavy atom. The van der Waals surface area contributed by atoms with E-state index in [0.717, 1.165) is 12.8 Å². The fourth-order valence-corrected chi connectivity index (χ4v) is 2.26. The number of ether oxygens (including phenoxy) is 2. The van der Waals surface area contributed by atoms with Gasteiger partial charge in [-0.25, -0.2) is 4.79 Å². The Bertz CT molecular complexity index is 694. The Morgan fingerprint density at radius 2 is 1.84 bits per heavy atom. The molecule has 2 aromatic rings. The molecular formula is C20H26N2O3. The Kier molecular flexibility index (Phi) is 6.28. The highest BCUT2D eigenvalue weighted by molar-refractivity contribution is 5.85. The molecule has 0 saturated carbocycles. The van der Waals surface area contributed by atoms with Crippen molar-refractivity contribution in [1.29, 1.82) is 0 Å². The fourth-order valence-electron chi connectivity index (χ4n) is 2.26. The van der Waals surface area contributed by atoms with Gasteiger partial charge in [-0.3, -0.25) is 5.32 Å². The Balaban J connectivity index is 1.87. The smallest absolute Gasteiger partial charge is 0.412 e. The van der Waals surface area contributed by atoms with Crippen molar-refractivity contribution in [2.45, 2.75) is 39.2 Å². The maximum Gasteiger partial charge on any atom is 0.412 e. The van der Waals surface area contributed by atoms with E-state index in [9.17, 15) is 4.79 Å². The van der Waals surface area contributed by atoms with Crippen molar-refractivity contribution >= 4 is 17.5 Å². The van der Waals surface area contributed by atoms with E-state index in [1.807, 2.05) is 39.0 Å². The summed E-state index contributed by atoms with van der Waals surface area (Å²) in [7, 11) is 0. The van der Waals surface area contributed by atoms with E-state index in [4.69, 9.17) is 15.2 Å². The van der Waals surface area contributed by atoms with E-state index >= 15 is 0 Å². The average Bonchev–Trinajstić information content (AvgIpc) is 2.53. The molecule has 0 spiro atoms. The SMILES string of the molecule is CC(C)(C)OC(=O)Nc1ccc(N)c(OCCCc2ccccc2)c1. The van der Waals surface area contributed by atoms with Crippen molar-refractivity contribution in [2.24, 2.45) is 0 Å². The van der Waals surface area contributed by atoms with Crippen molar-refractivity contribution in [3.8, 4) is 5.75 Å². The molecule has 5 heteroatoms. The van der Waals surface area contributed by atoms with Crippen molar-refractivity contribution in [3.05, 3.63) is 54.1 Å². The van der Waals surface area contributed by atoms with Crippen molar-refractivity contribution in [2.75, 3.05) is 17.7 Å². The number of carbonyl (C=O) groups excluding carboxylic acids is 1. The van der Waals surface area contributed by atoms with Gasteiger partial charge < -0.3 is 15.2 Å². The highest BCUT2D eigenvalue weighted by atomic mass is 16.6. The summed E-state index contributed by atoms with van der Waals surface area (Å²) in [5.74, 6) is 0.557. The molecule has 3 N–H and O–H groups in total. The number of aryl methyl sites for hydroxylation is 1. The van der Waals surface area contributed by atoms with Gasteiger partial charge in [0, 0.05) is 11.8 Å². The van der Waals surface area contributed by atoms with Gasteiger partial charge in [-0.15, -0.1) is 0 Å². The summed E-state index contributed by atoms with van der Waals surface area (Å²) in [6.45, 7) is 6.00. The van der Waals surface area contributed by atoms with Crippen LogP contribution in [-0.4, -0.2) is 18.3 Å². The van der Waals surface area contributed by atoms with E-state index in [2.05, 4.69) is 17.4 Å². The first-order chi connectivity index (χ1) is 11.8. The molecule has 0 saturated heterocycles. The zero-order chi connectivity index (χ0) is 18.3. The predicted molar refractivity (Wildman–Crippen MR) is 101 cm³/mol. The van der Waals surface area contributed by atoms with Crippen LogP contribution in [0.15, 0.2) is 48.5 Å². The van der Waals surface area contributed by atoms with Gasteiger partial charge in [-0.05, 0) is 51.3 Å². The van der Waals surface area contributed by atoms with Gasteiger partial charge in [-0.2, -0.15) is 0 Å². The second-order valence-corrected chi connectivity index (χ2v) is 6.82. The van der Waals surface area contributed by atoms with Crippen LogP contribution in [-0.2, 0) is 11.2 Å². The lowest BCUT2D eigenvalue weighted by molar-refractivity contribution is 0.0636. The summed E-state index contributed by atoms with van der Waals surface area (Å²) < 4.78 is 11.0. The number of benzene rings is 2. The molecule has 0 unspecified atom stereocenters. The third-order valence-electron chi connectivity index (χ3n) is 3.37. The molecule has 0 bridgehead atoms. The lowest BCUT2D eigenvalue weighted by Gasteiger charge is -2.20. The standard InChI is InChI=1S/C20H26N2O3/c1-20(2,3)25-19(23)22-16-11-12-17(21)18(14-16)24-13-7-10-15-8-5-4-6-9-15/h4-6,8-9,11-12,14H,7,10,13,21H2,1-3H3,(H,22,23). The minimum Gasteiger partial charge on any atom is -0.491 e. The Labute approximate surface area is 149 Å². The van der Waals surface area contributed by atoms with Gasteiger partial charge >= 0.3 is 6.09 Å². The Hall–Kier alpha value is -2.69. The molecule has 0 aliphatic carbocycles. The van der Waals surface area contributed by atoms with Crippen LogP contribution in [0.4, 0.5) is 16.2 Å². The molecular weight excluding hydrogens is 316 g/mol. The van der Waals surface area contributed by atoms with Crippen molar-refractivity contribution < 1.29 is 14.3 Å². The first-order valence-electron chi connectivity index (χ1n) is 8.40. The van der Waals surface area contributed by atoms with Gasteiger partial charge in [0.05, 0.1) is 12.3 Å². The monoisotopic (exact) mass is 342 g/mol. The number of nitrogen functional groups attached to an aromatic ring is 1. The molecule has 2 rings (SSSR count). The van der Waals surface area contributed by atoms with Crippen LogP contribution in [0, 0.1) is 0 Å². The van der Waals surface area contributed by atoms with Crippen molar-refractivity contribution in [3.63, 3.8) is 0 Å². The Morgan fingerprint density at radius 3 is 2.52 bits per heavy atom. The number of hydrogen-bond donors (Lipinski definition) is 2. The summed E-state index contributed by atoms with van der Waals surface area (Å²) in [4.78, 5) is 11.8. The summed E-state index contributed by atoms with van der Waals surface area (Å²) in [6.07, 6.45) is 1.32. The number of carbonyl (C=O) groups is 1. The largest absolute Gasteiger partial charge is 0.491 e. The predicted octanol–water partition coefficient (Wildman–Crippen LogP) is 4.63. The molecule has 0 atom stereocenters. The van der Waals surface area contributed by atoms with E-state index in [0.29, 0.717) is 23.7 Å². The molecule has 0 radical (unpaired) electrons. The number of nitrogens with two attached hydrogens (primary N) is 1. The number of hydrogen-bond acceptors (Lipinski definition) is 4. The first kappa shape index (κ1) is 18.6. The van der Waals surface area contributed by atoms with Crippen LogP contribution in [0.5, 0.6) is 5.75 Å². The van der Waals surface area contributed by atoms with Crippen LogP contribution in [0.25, 0.3) is 0 Å². The molecule has 0 aliphatic heterocycles. The minimum atomic E-state index is -0.547. The normalized spacial score (nSPS) is 11.0. The molecule has 0 aromatic heterocycles. The van der Waals surface area contributed by atoms with Crippen LogP contribution < -0.4 is 15.8 Å². The molecule has 0 aliphatic rings. The third kappa shape index (κ3) is 6.75. The first-order valence-corrected chi connectivity index (χ1v) is 8.40. The van der Waals surface area contributed by atoms with Crippen LogP contribution in [0.3, 0.4) is 0 Å². The second kappa shape index (κ2) is 8.42. The van der Waals surface area contributed by atoms with Crippen LogP contribution in [0.1, 0.15) is 32.8 Å². The minimum absolute atomic E-state index is 0.507. The molecule has 0 heterocycles. The van der Waals surface area contributed by atoms with Gasteiger partial charge in [0.15, 0.2) is 0 Å². The second-order valence-electron chi connectivity index (χ2n) is 6.82. The quantitative estimate of drug-likeness (QED) is 0.593. The van der Waals surface area contributed by atoms with E-state index in [1.165, 1.54) is 5.56 Å². The van der Waals surface area contributed by atoms with E-state index in [-0.39, 0.29) is 0 Å². The van der Waals surface area contributed by atoms with Crippen molar-refractivity contribution in [1.82, 2.24) is 0 Å². The summed E-state index contributed by atoms with van der Waals surface area (Å²) in [6, 6.07) is 15.4. The lowest BCUT2D eigenvalue weighted by atomic mass is 10.1. The summed E-state index contributed by atoms with van der Waals surface area (Å²) >= 11 is 0. The van der Waals surface area contributed by atoms with Gasteiger partial charge in [-0.1, -0.05) is 30.3 Å². The zero-order valence-electron chi connectivity index (χ0n) is 15.0. The zero-order valence-corrected chi connectivity index (χ0v) is 15.0. The number of nitrogens with one attached hydrogen (secondary N) is 1. The van der Waals surface area contributed by atoms with Gasteiger partial charge in [0.2, 0.25) is 0 Å². The fraction of sp³-hybridized carbons (Fsp3) is 0.350. The van der Waals surface area contributed by atoms with Gasteiger partial charge in [0.1, 0.15) is 11.4 Å². The molecule has 2 aromatic carbocycles. The average molecular weight is 342 g/mol. The number of anilines is 2. The molecule has 5 nitrogen and oxygen atoms in total. The third-order valence-corrected chi connectivity index (χ3v) is 3.37. The summed E-state index contributed by atoms with van der Waals surface area (Å²) in [5.41, 5.74) is 7.80. The highest BCUT2D eigenvalue weighted by Crippen LogP contribution is 2.26. The van der Waals surface area contributed by atoms with Crippen LogP contribution >= 0.6 is 0 Å². The van der Waals surface area contributed by atoms with Gasteiger partial charge in [0.25, 0.3) is 0 Å². The lowest BCUT2D eigenvalue weighted by Crippen LogP contribution is -2.27. The topological polar surface area (TPSA) is 73.6 Å².